The van der Waals surface area contributed by atoms with Gasteiger partial charge in [0.05, 0.1) is 5.41 Å². The first-order valence-corrected chi connectivity index (χ1v) is 11.8. The van der Waals surface area contributed by atoms with Crippen molar-refractivity contribution >= 4 is 23.2 Å². The van der Waals surface area contributed by atoms with Crippen LogP contribution < -0.4 is 5.32 Å². The summed E-state index contributed by atoms with van der Waals surface area (Å²) in [4.78, 5) is 29.3. The Morgan fingerprint density at radius 3 is 2.83 bits per heavy atom. The van der Waals surface area contributed by atoms with E-state index in [4.69, 9.17) is 0 Å². The maximum atomic E-state index is 13.1. The van der Waals surface area contributed by atoms with E-state index in [1.807, 2.05) is 11.0 Å². The van der Waals surface area contributed by atoms with Crippen LogP contribution in [0, 0.1) is 11.3 Å². The SMILES string of the molecule is CNC(=O)[C@]1(Cc2ccccc2-c2cccs2)CCCN(C(=O)C[C@H]2C=CCC2)C1. The molecule has 0 saturated carbocycles. The van der Waals surface area contributed by atoms with Gasteiger partial charge in [0.25, 0.3) is 0 Å². The lowest BCUT2D eigenvalue weighted by molar-refractivity contribution is -0.141. The standard InChI is InChI=1S/C25H30N2O2S/c1-26-24(29)25(17-20-10-4-5-11-21(20)22-12-6-15-30-22)13-7-14-27(18-25)23(28)16-19-8-2-3-9-19/h2,4-6,8,10-12,15,19H,3,7,9,13-14,16-18H2,1H3,(H,26,29)/t19-,25-/m0/s1. The molecule has 1 aromatic heterocycles. The van der Waals surface area contributed by atoms with E-state index in [-0.39, 0.29) is 11.8 Å². The fourth-order valence-corrected chi connectivity index (χ4v) is 5.74. The zero-order chi connectivity index (χ0) is 21.0. The molecule has 5 heteroatoms. The Kier molecular flexibility index (Phi) is 6.38. The Hall–Kier alpha value is -2.40. The lowest BCUT2D eigenvalue weighted by Crippen LogP contribution is -2.54. The molecule has 2 amide bonds. The Morgan fingerprint density at radius 1 is 1.23 bits per heavy atom. The van der Waals surface area contributed by atoms with Crippen molar-refractivity contribution in [1.29, 1.82) is 0 Å². The van der Waals surface area contributed by atoms with Crippen molar-refractivity contribution in [3.8, 4) is 10.4 Å². The quantitative estimate of drug-likeness (QED) is 0.688. The highest BCUT2D eigenvalue weighted by Crippen LogP contribution is 2.38. The highest BCUT2D eigenvalue weighted by Gasteiger charge is 2.43. The molecule has 1 aliphatic heterocycles. The highest BCUT2D eigenvalue weighted by atomic mass is 32.1. The maximum Gasteiger partial charge on any atom is 0.228 e. The summed E-state index contributed by atoms with van der Waals surface area (Å²) in [6, 6.07) is 12.5. The smallest absolute Gasteiger partial charge is 0.228 e. The topological polar surface area (TPSA) is 49.4 Å². The summed E-state index contributed by atoms with van der Waals surface area (Å²) in [5.74, 6) is 0.584. The summed E-state index contributed by atoms with van der Waals surface area (Å²) in [6.07, 6.45) is 9.35. The second-order valence-corrected chi connectivity index (χ2v) is 9.51. The average Bonchev–Trinajstić information content (AvgIpc) is 3.48. The van der Waals surface area contributed by atoms with E-state index in [1.165, 1.54) is 16.0 Å². The number of carbonyl (C=O) groups is 2. The van der Waals surface area contributed by atoms with Crippen LogP contribution in [-0.2, 0) is 16.0 Å². The molecule has 0 radical (unpaired) electrons. The summed E-state index contributed by atoms with van der Waals surface area (Å²) in [7, 11) is 1.71. The summed E-state index contributed by atoms with van der Waals surface area (Å²) in [5.41, 5.74) is 1.79. The number of carbonyl (C=O) groups excluding carboxylic acids is 2. The van der Waals surface area contributed by atoms with Gasteiger partial charge in [-0.1, -0.05) is 42.5 Å². The number of thiophene rings is 1. The Balaban J connectivity index is 1.58. The van der Waals surface area contributed by atoms with Crippen molar-refractivity contribution in [2.45, 2.75) is 38.5 Å². The van der Waals surface area contributed by atoms with Crippen molar-refractivity contribution in [3.63, 3.8) is 0 Å². The molecule has 0 bridgehead atoms. The molecular weight excluding hydrogens is 392 g/mol. The maximum absolute atomic E-state index is 13.1. The number of nitrogens with one attached hydrogen (secondary N) is 1. The van der Waals surface area contributed by atoms with Crippen LogP contribution in [0.4, 0.5) is 0 Å². The van der Waals surface area contributed by atoms with Crippen LogP contribution in [0.2, 0.25) is 0 Å². The first-order chi connectivity index (χ1) is 14.6. The zero-order valence-corrected chi connectivity index (χ0v) is 18.4. The van der Waals surface area contributed by atoms with Gasteiger partial charge in [-0.2, -0.15) is 0 Å². The number of rotatable bonds is 6. The van der Waals surface area contributed by atoms with Gasteiger partial charge in [-0.25, -0.2) is 0 Å². The largest absolute Gasteiger partial charge is 0.359 e. The molecule has 0 unspecified atom stereocenters. The van der Waals surface area contributed by atoms with Crippen LogP contribution in [-0.4, -0.2) is 36.9 Å². The molecular formula is C25H30N2O2S. The number of piperidine rings is 1. The molecule has 158 valence electrons. The minimum Gasteiger partial charge on any atom is -0.359 e. The fraction of sp³-hybridized carbons (Fsp3) is 0.440. The molecule has 2 heterocycles. The van der Waals surface area contributed by atoms with Crippen molar-refractivity contribution in [1.82, 2.24) is 10.2 Å². The second kappa shape index (κ2) is 9.17. The molecule has 1 N–H and O–H groups in total. The summed E-state index contributed by atoms with van der Waals surface area (Å²) >= 11 is 1.72. The predicted molar refractivity (Wildman–Crippen MR) is 122 cm³/mol. The third-order valence-corrected chi connectivity index (χ3v) is 7.42. The second-order valence-electron chi connectivity index (χ2n) is 8.56. The van der Waals surface area contributed by atoms with Crippen molar-refractivity contribution in [2.24, 2.45) is 11.3 Å². The predicted octanol–water partition coefficient (Wildman–Crippen LogP) is 4.67. The van der Waals surface area contributed by atoms with E-state index in [0.29, 0.717) is 25.3 Å². The molecule has 1 aromatic carbocycles. The van der Waals surface area contributed by atoms with E-state index in [2.05, 4.69) is 53.2 Å². The first kappa shape index (κ1) is 20.9. The highest BCUT2D eigenvalue weighted by molar-refractivity contribution is 7.13. The van der Waals surface area contributed by atoms with Crippen LogP contribution in [0.5, 0.6) is 0 Å². The van der Waals surface area contributed by atoms with Crippen LogP contribution >= 0.6 is 11.3 Å². The van der Waals surface area contributed by atoms with Crippen LogP contribution in [0.25, 0.3) is 10.4 Å². The number of hydrogen-bond acceptors (Lipinski definition) is 3. The number of allylic oxidation sites excluding steroid dienone is 2. The fourth-order valence-electron chi connectivity index (χ4n) is 4.95. The lowest BCUT2D eigenvalue weighted by Gasteiger charge is -2.42. The number of benzene rings is 1. The Morgan fingerprint density at radius 2 is 2.10 bits per heavy atom. The van der Waals surface area contributed by atoms with Crippen molar-refractivity contribution in [3.05, 3.63) is 59.5 Å². The minimum absolute atomic E-state index is 0.0433. The van der Waals surface area contributed by atoms with E-state index in [0.717, 1.165) is 32.2 Å². The van der Waals surface area contributed by atoms with Crippen LogP contribution in [0.1, 0.15) is 37.7 Å². The van der Waals surface area contributed by atoms with E-state index < -0.39 is 5.41 Å². The van der Waals surface area contributed by atoms with Gasteiger partial charge in [-0.05, 0) is 60.6 Å². The first-order valence-electron chi connectivity index (χ1n) is 10.9. The Bertz CT molecular complexity index is 921. The molecule has 1 aliphatic carbocycles. The summed E-state index contributed by atoms with van der Waals surface area (Å²) < 4.78 is 0. The van der Waals surface area contributed by atoms with Gasteiger partial charge in [0.1, 0.15) is 0 Å². The monoisotopic (exact) mass is 422 g/mol. The van der Waals surface area contributed by atoms with E-state index in [9.17, 15) is 9.59 Å². The minimum atomic E-state index is -0.582. The number of likely N-dealkylation sites (tertiary alicyclic amines) is 1. The van der Waals surface area contributed by atoms with Gasteiger partial charge in [-0.15, -0.1) is 11.3 Å². The molecule has 0 spiro atoms. The summed E-state index contributed by atoms with van der Waals surface area (Å²) in [6.45, 7) is 1.25. The zero-order valence-electron chi connectivity index (χ0n) is 17.6. The van der Waals surface area contributed by atoms with E-state index >= 15 is 0 Å². The van der Waals surface area contributed by atoms with Gasteiger partial charge in [0, 0.05) is 31.4 Å². The third-order valence-electron chi connectivity index (χ3n) is 6.52. The van der Waals surface area contributed by atoms with Crippen molar-refractivity contribution < 1.29 is 9.59 Å². The van der Waals surface area contributed by atoms with Gasteiger partial charge in [-0.3, -0.25) is 9.59 Å². The lowest BCUT2D eigenvalue weighted by atomic mass is 9.73. The number of hydrogen-bond donors (Lipinski definition) is 1. The molecule has 4 nitrogen and oxygen atoms in total. The number of nitrogens with zero attached hydrogens (tertiary/aromatic N) is 1. The molecule has 1 fully saturated rings. The molecule has 2 aromatic rings. The average molecular weight is 423 g/mol. The number of amides is 2. The van der Waals surface area contributed by atoms with Gasteiger partial charge < -0.3 is 10.2 Å². The third kappa shape index (κ3) is 4.36. The summed E-state index contributed by atoms with van der Waals surface area (Å²) in [5, 5.41) is 4.98. The van der Waals surface area contributed by atoms with Gasteiger partial charge in [0.15, 0.2) is 0 Å². The molecule has 30 heavy (non-hydrogen) atoms. The molecule has 1 saturated heterocycles. The van der Waals surface area contributed by atoms with E-state index in [1.54, 1.807) is 18.4 Å². The van der Waals surface area contributed by atoms with Crippen molar-refractivity contribution in [2.75, 3.05) is 20.1 Å². The molecule has 2 aliphatic rings. The Labute approximate surface area is 183 Å². The van der Waals surface area contributed by atoms with Gasteiger partial charge >= 0.3 is 0 Å². The van der Waals surface area contributed by atoms with Crippen LogP contribution in [0.15, 0.2) is 53.9 Å². The van der Waals surface area contributed by atoms with Gasteiger partial charge in [0.2, 0.25) is 11.8 Å². The molecule has 2 atom stereocenters. The molecule has 4 rings (SSSR count). The normalized spacial score (nSPS) is 23.5. The van der Waals surface area contributed by atoms with Crippen LogP contribution in [0.3, 0.4) is 0 Å².